The zero-order valence-electron chi connectivity index (χ0n) is 13.5. The first kappa shape index (κ1) is 20.4. The summed E-state index contributed by atoms with van der Waals surface area (Å²) in [5.41, 5.74) is -3.89. The van der Waals surface area contributed by atoms with Gasteiger partial charge in [0.25, 0.3) is 0 Å². The fourth-order valence-corrected chi connectivity index (χ4v) is 3.12. The molecule has 2 aromatic rings. The van der Waals surface area contributed by atoms with Gasteiger partial charge in [0.2, 0.25) is 0 Å². The van der Waals surface area contributed by atoms with Gasteiger partial charge in [0.15, 0.2) is 5.60 Å². The maximum absolute atomic E-state index is 13.7. The van der Waals surface area contributed by atoms with E-state index in [1.165, 1.54) is 19.1 Å². The monoisotopic (exact) mass is 410 g/mol. The molecule has 0 bridgehead atoms. The van der Waals surface area contributed by atoms with Gasteiger partial charge in [-0.15, -0.1) is 6.58 Å². The molecule has 3 N–H and O–H groups in total. The number of fused-ring (bicyclic) bond motifs is 1. The molecule has 1 aromatic carbocycles. The number of carbonyl (C=O) groups excluding carboxylic acids is 1. The van der Waals surface area contributed by atoms with Crippen molar-refractivity contribution in [2.75, 3.05) is 11.9 Å². The van der Waals surface area contributed by atoms with Gasteiger partial charge in [0.05, 0.1) is 17.1 Å². The van der Waals surface area contributed by atoms with E-state index in [2.05, 4.69) is 16.9 Å². The van der Waals surface area contributed by atoms with E-state index < -0.39 is 35.7 Å². The van der Waals surface area contributed by atoms with Crippen molar-refractivity contribution in [2.45, 2.75) is 25.1 Å². The van der Waals surface area contributed by atoms with Crippen LogP contribution in [0.4, 0.5) is 23.8 Å². The van der Waals surface area contributed by atoms with Gasteiger partial charge in [-0.25, -0.2) is 4.79 Å². The molecule has 1 heterocycles. The second-order valence-corrected chi connectivity index (χ2v) is 6.23. The van der Waals surface area contributed by atoms with E-state index >= 15 is 0 Å². The number of nitrogens with one attached hydrogen (secondary N) is 2. The van der Waals surface area contributed by atoms with Crippen LogP contribution in [-0.4, -0.2) is 29.0 Å². The van der Waals surface area contributed by atoms with Crippen LogP contribution in [0.3, 0.4) is 0 Å². The summed E-state index contributed by atoms with van der Waals surface area (Å²) in [5.74, 6) is -0.399. The Labute approximate surface area is 156 Å². The van der Waals surface area contributed by atoms with E-state index in [-0.39, 0.29) is 27.6 Å². The quantitative estimate of drug-likeness (QED) is 0.580. The first-order chi connectivity index (χ1) is 12.0. The van der Waals surface area contributed by atoms with E-state index in [1.54, 1.807) is 0 Å². The Kier molecular flexibility index (Phi) is 5.79. The molecule has 5 nitrogen and oxygen atoms in total. The predicted molar refractivity (Wildman–Crippen MR) is 93.7 cm³/mol. The van der Waals surface area contributed by atoms with Crippen LogP contribution in [0.2, 0.25) is 10.0 Å². The number of rotatable bonds is 5. The average molecular weight is 411 g/mol. The number of carbonyl (C=O) groups is 1. The van der Waals surface area contributed by atoms with Crippen LogP contribution in [0.5, 0.6) is 0 Å². The van der Waals surface area contributed by atoms with E-state index in [4.69, 9.17) is 27.9 Å². The summed E-state index contributed by atoms with van der Waals surface area (Å²) in [7, 11) is 0. The highest BCUT2D eigenvalue weighted by Gasteiger charge is 2.56. The third-order valence-electron chi connectivity index (χ3n) is 3.65. The second kappa shape index (κ2) is 7.38. The first-order valence-corrected chi connectivity index (χ1v) is 8.15. The molecule has 0 saturated heterocycles. The molecular formula is C16H15Cl2F3N2O3. The molecule has 1 atom stereocenters. The number of anilines is 1. The van der Waals surface area contributed by atoms with Gasteiger partial charge < -0.3 is 14.8 Å². The third kappa shape index (κ3) is 3.62. The number of amides is 1. The van der Waals surface area contributed by atoms with Crippen LogP contribution >= 0.6 is 23.2 Å². The van der Waals surface area contributed by atoms with Gasteiger partial charge in [-0.1, -0.05) is 29.3 Å². The fourth-order valence-electron chi connectivity index (χ4n) is 2.58. The van der Waals surface area contributed by atoms with Gasteiger partial charge in [-0.3, -0.25) is 5.32 Å². The SMILES string of the molecule is C=CCC(O)(c1c(NC(=O)OCC)[nH]c2c(Cl)cc(Cl)cc12)C(F)(F)F. The summed E-state index contributed by atoms with van der Waals surface area (Å²) in [6.45, 7) is 4.81. The molecule has 1 aromatic heterocycles. The zero-order chi connectivity index (χ0) is 19.7. The smallest absolute Gasteiger partial charge is 0.421 e. The molecule has 0 spiro atoms. The minimum Gasteiger partial charge on any atom is -0.450 e. The predicted octanol–water partition coefficient (Wildman–Crippen LogP) is 5.37. The van der Waals surface area contributed by atoms with Crippen molar-refractivity contribution >= 4 is 46.0 Å². The Morgan fingerprint density at radius 1 is 1.42 bits per heavy atom. The summed E-state index contributed by atoms with van der Waals surface area (Å²) in [5, 5.41) is 12.7. The Morgan fingerprint density at radius 2 is 2.08 bits per heavy atom. The minimum atomic E-state index is -5.07. The molecule has 0 aliphatic carbocycles. The Balaban J connectivity index is 2.82. The number of H-pyrrole nitrogens is 1. The van der Waals surface area contributed by atoms with Crippen molar-refractivity contribution < 1.29 is 27.8 Å². The van der Waals surface area contributed by atoms with E-state index in [9.17, 15) is 23.1 Å². The molecular weight excluding hydrogens is 396 g/mol. The van der Waals surface area contributed by atoms with Crippen LogP contribution < -0.4 is 5.32 Å². The van der Waals surface area contributed by atoms with Crippen molar-refractivity contribution in [1.82, 2.24) is 4.98 Å². The number of aromatic amines is 1. The molecule has 142 valence electrons. The van der Waals surface area contributed by atoms with Crippen molar-refractivity contribution in [1.29, 1.82) is 0 Å². The van der Waals surface area contributed by atoms with Gasteiger partial charge in [0.1, 0.15) is 5.82 Å². The highest BCUT2D eigenvalue weighted by atomic mass is 35.5. The van der Waals surface area contributed by atoms with Crippen molar-refractivity contribution in [3.05, 3.63) is 40.4 Å². The molecule has 0 aliphatic heterocycles. The lowest BCUT2D eigenvalue weighted by atomic mass is 9.88. The van der Waals surface area contributed by atoms with Gasteiger partial charge in [-0.05, 0) is 19.1 Å². The normalized spacial score (nSPS) is 14.1. The van der Waals surface area contributed by atoms with Crippen molar-refractivity contribution in [3.8, 4) is 0 Å². The number of halogens is 5. The topological polar surface area (TPSA) is 74.3 Å². The van der Waals surface area contributed by atoms with Crippen LogP contribution in [0.1, 0.15) is 18.9 Å². The lowest BCUT2D eigenvalue weighted by Crippen LogP contribution is -2.42. The number of hydrogen-bond acceptors (Lipinski definition) is 3. The molecule has 26 heavy (non-hydrogen) atoms. The molecule has 1 amide bonds. The highest BCUT2D eigenvalue weighted by molar-refractivity contribution is 6.38. The number of alkyl halides is 3. The molecule has 0 radical (unpaired) electrons. The van der Waals surface area contributed by atoms with Crippen LogP contribution in [-0.2, 0) is 10.3 Å². The van der Waals surface area contributed by atoms with Gasteiger partial charge in [-0.2, -0.15) is 13.2 Å². The van der Waals surface area contributed by atoms with E-state index in [1.807, 2.05) is 0 Å². The van der Waals surface area contributed by atoms with E-state index in [0.29, 0.717) is 0 Å². The van der Waals surface area contributed by atoms with E-state index in [0.717, 1.165) is 6.08 Å². The lowest BCUT2D eigenvalue weighted by Gasteiger charge is -2.30. The lowest BCUT2D eigenvalue weighted by molar-refractivity contribution is -0.264. The summed E-state index contributed by atoms with van der Waals surface area (Å²) in [4.78, 5) is 14.3. The number of hydrogen-bond donors (Lipinski definition) is 3. The van der Waals surface area contributed by atoms with Crippen LogP contribution in [0.25, 0.3) is 10.9 Å². The van der Waals surface area contributed by atoms with Crippen molar-refractivity contribution in [2.24, 2.45) is 0 Å². The number of benzene rings is 1. The Morgan fingerprint density at radius 3 is 2.62 bits per heavy atom. The summed E-state index contributed by atoms with van der Waals surface area (Å²) in [6, 6.07) is 2.53. The summed E-state index contributed by atoms with van der Waals surface area (Å²) in [6.07, 6.45) is -6.00. The summed E-state index contributed by atoms with van der Waals surface area (Å²) < 4.78 is 45.9. The molecule has 10 heteroatoms. The third-order valence-corrected chi connectivity index (χ3v) is 4.17. The molecule has 0 saturated carbocycles. The Bertz CT molecular complexity index is 851. The van der Waals surface area contributed by atoms with Crippen LogP contribution in [0.15, 0.2) is 24.8 Å². The van der Waals surface area contributed by atoms with Gasteiger partial charge >= 0.3 is 12.3 Å². The fraction of sp³-hybridized carbons (Fsp3) is 0.312. The molecule has 0 fully saturated rings. The zero-order valence-corrected chi connectivity index (χ0v) is 15.0. The maximum atomic E-state index is 13.7. The van der Waals surface area contributed by atoms with Crippen LogP contribution in [0, 0.1) is 0 Å². The summed E-state index contributed by atoms with van der Waals surface area (Å²) >= 11 is 12.0. The number of aliphatic hydroxyl groups is 1. The minimum absolute atomic E-state index is 0.00414. The molecule has 2 rings (SSSR count). The average Bonchev–Trinajstić information content (AvgIpc) is 2.85. The van der Waals surface area contributed by atoms with Crippen molar-refractivity contribution in [3.63, 3.8) is 0 Å². The largest absolute Gasteiger partial charge is 0.450 e. The number of ether oxygens (including phenoxy) is 1. The highest BCUT2D eigenvalue weighted by Crippen LogP contribution is 2.48. The maximum Gasteiger partial charge on any atom is 0.421 e. The van der Waals surface area contributed by atoms with Gasteiger partial charge in [0, 0.05) is 22.4 Å². The number of aromatic nitrogens is 1. The second-order valence-electron chi connectivity index (χ2n) is 5.38. The first-order valence-electron chi connectivity index (χ1n) is 7.40. The Hall–Kier alpha value is -1.90. The molecule has 0 aliphatic rings. The standard InChI is InChI=1S/C16H15Cl2F3N2O3/c1-3-5-15(25,16(19,20)21)11-9-6-8(17)7-10(18)12(9)22-13(11)23-14(24)26-4-2/h3,6-7,22,25H,1,4-5H2,2H3,(H,23,24). The molecule has 1 unspecified atom stereocenters.